The summed E-state index contributed by atoms with van der Waals surface area (Å²) in [5.41, 5.74) is 1.38. The molecular formula is C16H26N2S. The van der Waals surface area contributed by atoms with Gasteiger partial charge < -0.3 is 5.32 Å². The van der Waals surface area contributed by atoms with Gasteiger partial charge in [0.2, 0.25) is 0 Å². The molecule has 2 saturated carbocycles. The van der Waals surface area contributed by atoms with Gasteiger partial charge in [-0.25, -0.2) is 4.98 Å². The molecule has 2 aliphatic rings. The molecule has 106 valence electrons. The van der Waals surface area contributed by atoms with Crippen LogP contribution in [0, 0.1) is 18.8 Å². The van der Waals surface area contributed by atoms with E-state index < -0.39 is 0 Å². The molecule has 0 aromatic carbocycles. The first kappa shape index (κ1) is 13.6. The fourth-order valence-electron chi connectivity index (χ4n) is 3.41. The number of nitrogens with one attached hydrogen (secondary N) is 1. The molecule has 0 radical (unpaired) electrons. The Kier molecular flexibility index (Phi) is 3.69. The van der Waals surface area contributed by atoms with E-state index in [1.54, 1.807) is 0 Å². The summed E-state index contributed by atoms with van der Waals surface area (Å²) >= 11 is 1.86. The van der Waals surface area contributed by atoms with E-state index in [9.17, 15) is 0 Å². The lowest BCUT2D eigenvalue weighted by molar-refractivity contribution is 0.158. The zero-order valence-corrected chi connectivity index (χ0v) is 13.2. The van der Waals surface area contributed by atoms with Crippen LogP contribution in [0.2, 0.25) is 0 Å². The lowest BCUT2D eigenvalue weighted by Crippen LogP contribution is -2.46. The van der Waals surface area contributed by atoms with E-state index >= 15 is 0 Å². The van der Waals surface area contributed by atoms with E-state index in [2.05, 4.69) is 31.5 Å². The number of aryl methyl sites for hydroxylation is 1. The highest BCUT2D eigenvalue weighted by molar-refractivity contribution is 7.09. The summed E-state index contributed by atoms with van der Waals surface area (Å²) in [6.07, 6.45) is 7.99. The summed E-state index contributed by atoms with van der Waals surface area (Å²) in [6.45, 7) is 6.86. The lowest BCUT2D eigenvalue weighted by Gasteiger charge is -2.41. The minimum atomic E-state index is 0.200. The standard InChI is InChI=1S/C16H26N2S/c1-11(2)13-6-8-16(9-7-13,18-14-4-5-14)15-17-12(3)10-19-15/h10-11,13-14,18H,4-9H2,1-3H3. The molecule has 0 unspecified atom stereocenters. The molecule has 2 fully saturated rings. The molecule has 1 heterocycles. The molecule has 1 N–H and O–H groups in total. The van der Waals surface area contributed by atoms with E-state index in [1.807, 2.05) is 11.3 Å². The number of hydrogen-bond acceptors (Lipinski definition) is 3. The maximum atomic E-state index is 4.81. The molecule has 0 saturated heterocycles. The van der Waals surface area contributed by atoms with Crippen molar-refractivity contribution in [3.05, 3.63) is 16.1 Å². The van der Waals surface area contributed by atoms with Gasteiger partial charge in [0.25, 0.3) is 0 Å². The van der Waals surface area contributed by atoms with Gasteiger partial charge in [0.05, 0.1) is 5.54 Å². The van der Waals surface area contributed by atoms with Gasteiger partial charge in [-0.2, -0.15) is 0 Å². The SMILES string of the molecule is Cc1csc(C2(NC3CC3)CCC(C(C)C)CC2)n1. The first-order chi connectivity index (χ1) is 9.09. The van der Waals surface area contributed by atoms with Gasteiger partial charge in [-0.15, -0.1) is 11.3 Å². The van der Waals surface area contributed by atoms with Crippen molar-refractivity contribution in [1.29, 1.82) is 0 Å². The van der Waals surface area contributed by atoms with Gasteiger partial charge in [0, 0.05) is 17.1 Å². The Morgan fingerprint density at radius 2 is 1.95 bits per heavy atom. The topological polar surface area (TPSA) is 24.9 Å². The van der Waals surface area contributed by atoms with E-state index in [1.165, 1.54) is 49.2 Å². The number of aromatic nitrogens is 1. The van der Waals surface area contributed by atoms with Gasteiger partial charge in [0.1, 0.15) is 5.01 Å². The normalized spacial score (nSPS) is 31.9. The molecule has 1 aromatic rings. The molecule has 3 rings (SSSR count). The Labute approximate surface area is 121 Å². The fraction of sp³-hybridized carbons (Fsp3) is 0.812. The number of hydrogen-bond donors (Lipinski definition) is 1. The van der Waals surface area contributed by atoms with Gasteiger partial charge in [-0.3, -0.25) is 0 Å². The minimum absolute atomic E-state index is 0.200. The molecule has 0 amide bonds. The first-order valence-corrected chi connectivity index (χ1v) is 8.67. The van der Waals surface area contributed by atoms with Crippen LogP contribution in [0.15, 0.2) is 5.38 Å². The summed E-state index contributed by atoms with van der Waals surface area (Å²) in [5, 5.41) is 7.50. The van der Waals surface area contributed by atoms with Gasteiger partial charge in [-0.05, 0) is 57.3 Å². The lowest BCUT2D eigenvalue weighted by atomic mass is 9.73. The van der Waals surface area contributed by atoms with Crippen molar-refractivity contribution in [2.24, 2.45) is 11.8 Å². The second-order valence-corrected chi connectivity index (χ2v) is 7.73. The van der Waals surface area contributed by atoms with Crippen LogP contribution in [0.4, 0.5) is 0 Å². The Morgan fingerprint density at radius 1 is 1.26 bits per heavy atom. The molecule has 3 heteroatoms. The van der Waals surface area contributed by atoms with Gasteiger partial charge >= 0.3 is 0 Å². The van der Waals surface area contributed by atoms with Crippen LogP contribution in [0.3, 0.4) is 0 Å². The fourth-order valence-corrected chi connectivity index (χ4v) is 4.43. The summed E-state index contributed by atoms with van der Waals surface area (Å²) < 4.78 is 0. The van der Waals surface area contributed by atoms with Crippen molar-refractivity contribution in [1.82, 2.24) is 10.3 Å². The monoisotopic (exact) mass is 278 g/mol. The summed E-state index contributed by atoms with van der Waals surface area (Å²) in [4.78, 5) is 4.81. The maximum Gasteiger partial charge on any atom is 0.113 e. The Balaban J connectivity index is 1.78. The molecule has 2 aliphatic carbocycles. The number of thiazole rings is 1. The van der Waals surface area contributed by atoms with Crippen LogP contribution in [-0.4, -0.2) is 11.0 Å². The molecule has 19 heavy (non-hydrogen) atoms. The predicted octanol–water partition coefficient (Wildman–Crippen LogP) is 4.25. The molecule has 1 aromatic heterocycles. The predicted molar refractivity (Wildman–Crippen MR) is 81.5 cm³/mol. The molecule has 2 nitrogen and oxygen atoms in total. The Bertz CT molecular complexity index is 426. The van der Waals surface area contributed by atoms with E-state index in [4.69, 9.17) is 4.98 Å². The number of rotatable bonds is 4. The van der Waals surface area contributed by atoms with Crippen molar-refractivity contribution < 1.29 is 0 Å². The quantitative estimate of drug-likeness (QED) is 0.891. The van der Waals surface area contributed by atoms with Crippen molar-refractivity contribution in [3.8, 4) is 0 Å². The Morgan fingerprint density at radius 3 is 2.42 bits per heavy atom. The van der Waals surface area contributed by atoms with Gasteiger partial charge in [-0.1, -0.05) is 13.8 Å². The molecule has 0 aliphatic heterocycles. The van der Waals surface area contributed by atoms with Crippen LogP contribution in [-0.2, 0) is 5.54 Å². The summed E-state index contributed by atoms with van der Waals surface area (Å²) in [7, 11) is 0. The first-order valence-electron chi connectivity index (χ1n) is 7.79. The van der Waals surface area contributed by atoms with Crippen LogP contribution < -0.4 is 5.32 Å². The van der Waals surface area contributed by atoms with Crippen molar-refractivity contribution >= 4 is 11.3 Å². The maximum absolute atomic E-state index is 4.81. The molecular weight excluding hydrogens is 252 g/mol. The zero-order valence-electron chi connectivity index (χ0n) is 12.4. The highest BCUT2D eigenvalue weighted by Gasteiger charge is 2.42. The van der Waals surface area contributed by atoms with Crippen LogP contribution in [0.1, 0.15) is 63.1 Å². The molecule has 0 bridgehead atoms. The third-order valence-electron chi connectivity index (χ3n) is 4.91. The molecule has 0 spiro atoms. The van der Waals surface area contributed by atoms with Crippen molar-refractivity contribution in [2.75, 3.05) is 0 Å². The third kappa shape index (κ3) is 2.87. The van der Waals surface area contributed by atoms with E-state index in [0.29, 0.717) is 0 Å². The summed E-state index contributed by atoms with van der Waals surface area (Å²) in [6, 6.07) is 0.764. The van der Waals surface area contributed by atoms with E-state index in [0.717, 1.165) is 17.9 Å². The largest absolute Gasteiger partial charge is 0.303 e. The highest BCUT2D eigenvalue weighted by atomic mass is 32.1. The van der Waals surface area contributed by atoms with Crippen LogP contribution in [0.5, 0.6) is 0 Å². The zero-order chi connectivity index (χ0) is 13.5. The molecule has 0 atom stereocenters. The van der Waals surface area contributed by atoms with Crippen LogP contribution >= 0.6 is 11.3 Å². The van der Waals surface area contributed by atoms with Crippen LogP contribution in [0.25, 0.3) is 0 Å². The van der Waals surface area contributed by atoms with Crippen molar-refractivity contribution in [2.45, 2.75) is 70.9 Å². The smallest absolute Gasteiger partial charge is 0.113 e. The third-order valence-corrected chi connectivity index (χ3v) is 6.08. The minimum Gasteiger partial charge on any atom is -0.303 e. The van der Waals surface area contributed by atoms with Gasteiger partial charge in [0.15, 0.2) is 0 Å². The van der Waals surface area contributed by atoms with E-state index in [-0.39, 0.29) is 5.54 Å². The Hall–Kier alpha value is -0.410. The average molecular weight is 278 g/mol. The average Bonchev–Trinajstić information content (AvgIpc) is 3.08. The second kappa shape index (κ2) is 5.17. The second-order valence-electron chi connectivity index (χ2n) is 6.88. The summed E-state index contributed by atoms with van der Waals surface area (Å²) in [5.74, 6) is 1.74. The number of nitrogens with zero attached hydrogens (tertiary/aromatic N) is 1. The highest BCUT2D eigenvalue weighted by Crippen LogP contribution is 2.44. The van der Waals surface area contributed by atoms with Crippen molar-refractivity contribution in [3.63, 3.8) is 0 Å².